The molecule has 1 aliphatic rings. The van der Waals surface area contributed by atoms with Crippen LogP contribution in [0.5, 0.6) is 0 Å². The summed E-state index contributed by atoms with van der Waals surface area (Å²) in [6.45, 7) is 3.46. The quantitative estimate of drug-likeness (QED) is 0.631. The largest absolute Gasteiger partial charge is 0.325 e. The van der Waals surface area contributed by atoms with E-state index in [2.05, 4.69) is 11.2 Å². The Morgan fingerprint density at radius 3 is 2.77 bits per heavy atom. The van der Waals surface area contributed by atoms with Crippen LogP contribution in [0.2, 0.25) is 0 Å². The number of terminal acetylenes is 1. The number of hydrogen-bond donors (Lipinski definition) is 1. The average molecular weight is 198 g/mol. The van der Waals surface area contributed by atoms with Crippen molar-refractivity contribution in [2.45, 2.75) is 13.0 Å². The third-order valence-corrected chi connectivity index (χ3v) is 2.83. The number of nitrogens with one attached hydrogen (secondary N) is 1. The van der Waals surface area contributed by atoms with Gasteiger partial charge in [-0.05, 0) is 6.92 Å². The van der Waals surface area contributed by atoms with Crippen LogP contribution in [0, 0.1) is 12.3 Å². The molecular weight excluding hydrogens is 184 g/mol. The number of nitrogens with zero attached hydrogens (tertiary/aromatic N) is 1. The molecule has 2 amide bonds. The molecule has 1 unspecified atom stereocenters. The molecule has 3 nitrogen and oxygen atoms in total. The van der Waals surface area contributed by atoms with Gasteiger partial charge in [-0.2, -0.15) is 11.8 Å². The highest BCUT2D eigenvalue weighted by Crippen LogP contribution is 2.08. The van der Waals surface area contributed by atoms with Crippen molar-refractivity contribution < 1.29 is 4.79 Å². The molecule has 1 heterocycles. The van der Waals surface area contributed by atoms with E-state index in [0.29, 0.717) is 0 Å². The molecule has 1 saturated heterocycles. The molecule has 1 fully saturated rings. The zero-order chi connectivity index (χ0) is 9.68. The number of amides is 2. The Kier molecular flexibility index (Phi) is 3.97. The van der Waals surface area contributed by atoms with Crippen LogP contribution in [0.3, 0.4) is 0 Å². The molecule has 0 saturated carbocycles. The zero-order valence-electron chi connectivity index (χ0n) is 7.75. The lowest BCUT2D eigenvalue weighted by Crippen LogP contribution is -2.46. The van der Waals surface area contributed by atoms with Gasteiger partial charge in [0.1, 0.15) is 0 Å². The van der Waals surface area contributed by atoms with Crippen LogP contribution in [-0.4, -0.2) is 41.6 Å². The summed E-state index contributed by atoms with van der Waals surface area (Å²) in [7, 11) is 0. The SMILES string of the molecule is C#CC(C)NC(=O)N1CCSCC1. The summed E-state index contributed by atoms with van der Waals surface area (Å²) >= 11 is 1.88. The maximum absolute atomic E-state index is 11.5. The van der Waals surface area contributed by atoms with Crippen LogP contribution in [0.4, 0.5) is 4.79 Å². The number of thioether (sulfide) groups is 1. The molecule has 0 spiro atoms. The van der Waals surface area contributed by atoms with Crippen LogP contribution < -0.4 is 5.32 Å². The molecule has 0 aromatic rings. The van der Waals surface area contributed by atoms with Gasteiger partial charge in [0.25, 0.3) is 0 Å². The van der Waals surface area contributed by atoms with E-state index >= 15 is 0 Å². The molecular formula is C9H14N2OS. The number of carbonyl (C=O) groups excluding carboxylic acids is 1. The standard InChI is InChI=1S/C9H14N2OS/c1-3-8(2)10-9(12)11-4-6-13-7-5-11/h1,8H,4-7H2,2H3,(H,10,12). The average Bonchev–Trinajstić information content (AvgIpc) is 2.19. The van der Waals surface area contributed by atoms with Crippen molar-refractivity contribution in [3.8, 4) is 12.3 Å². The van der Waals surface area contributed by atoms with E-state index in [9.17, 15) is 4.79 Å². The lowest BCUT2D eigenvalue weighted by atomic mass is 10.3. The summed E-state index contributed by atoms with van der Waals surface area (Å²) in [5, 5.41) is 2.74. The van der Waals surface area contributed by atoms with E-state index in [1.807, 2.05) is 16.7 Å². The van der Waals surface area contributed by atoms with Crippen molar-refractivity contribution in [1.82, 2.24) is 10.2 Å². The van der Waals surface area contributed by atoms with Crippen LogP contribution in [0.25, 0.3) is 0 Å². The Morgan fingerprint density at radius 2 is 2.23 bits per heavy atom. The van der Waals surface area contributed by atoms with Gasteiger partial charge in [-0.15, -0.1) is 6.42 Å². The fourth-order valence-electron chi connectivity index (χ4n) is 1.08. The first kappa shape index (κ1) is 10.3. The van der Waals surface area contributed by atoms with Crippen molar-refractivity contribution in [3.05, 3.63) is 0 Å². The highest BCUT2D eigenvalue weighted by molar-refractivity contribution is 7.99. The molecule has 0 aromatic carbocycles. The molecule has 1 N–H and O–H groups in total. The topological polar surface area (TPSA) is 32.3 Å². The predicted octanol–water partition coefficient (Wildman–Crippen LogP) is 0.766. The third kappa shape index (κ3) is 3.19. The van der Waals surface area contributed by atoms with Gasteiger partial charge in [0.15, 0.2) is 0 Å². The van der Waals surface area contributed by atoms with Crippen molar-refractivity contribution in [3.63, 3.8) is 0 Å². The van der Waals surface area contributed by atoms with Gasteiger partial charge in [-0.1, -0.05) is 5.92 Å². The lowest BCUT2D eigenvalue weighted by molar-refractivity contribution is 0.202. The summed E-state index contributed by atoms with van der Waals surface area (Å²) in [5.74, 6) is 4.52. The number of urea groups is 1. The fourth-order valence-corrected chi connectivity index (χ4v) is 1.99. The Morgan fingerprint density at radius 1 is 1.62 bits per heavy atom. The molecule has 0 aliphatic carbocycles. The summed E-state index contributed by atoms with van der Waals surface area (Å²) < 4.78 is 0. The maximum atomic E-state index is 11.5. The minimum atomic E-state index is -0.179. The Hall–Kier alpha value is -0.820. The minimum absolute atomic E-state index is 0.0363. The highest BCUT2D eigenvalue weighted by Gasteiger charge is 2.16. The van der Waals surface area contributed by atoms with E-state index in [0.717, 1.165) is 24.6 Å². The molecule has 0 bridgehead atoms. The number of hydrogen-bond acceptors (Lipinski definition) is 2. The van der Waals surface area contributed by atoms with Crippen molar-refractivity contribution in [2.24, 2.45) is 0 Å². The minimum Gasteiger partial charge on any atom is -0.325 e. The molecule has 4 heteroatoms. The molecule has 72 valence electrons. The first-order valence-corrected chi connectivity index (χ1v) is 5.49. The Bertz CT molecular complexity index is 218. The fraction of sp³-hybridized carbons (Fsp3) is 0.667. The van der Waals surface area contributed by atoms with Gasteiger partial charge in [-0.3, -0.25) is 0 Å². The summed E-state index contributed by atoms with van der Waals surface area (Å²) in [6.07, 6.45) is 5.16. The summed E-state index contributed by atoms with van der Waals surface area (Å²) in [5.41, 5.74) is 0. The van der Waals surface area contributed by atoms with E-state index in [1.165, 1.54) is 0 Å². The van der Waals surface area contributed by atoms with Crippen LogP contribution in [0.1, 0.15) is 6.92 Å². The number of rotatable bonds is 1. The van der Waals surface area contributed by atoms with Gasteiger partial charge in [0.2, 0.25) is 0 Å². The summed E-state index contributed by atoms with van der Waals surface area (Å²) in [4.78, 5) is 13.3. The van der Waals surface area contributed by atoms with Crippen molar-refractivity contribution in [2.75, 3.05) is 24.6 Å². The normalized spacial score (nSPS) is 18.9. The smallest absolute Gasteiger partial charge is 0.318 e. The molecule has 0 aromatic heterocycles. The Labute approximate surface area is 83.2 Å². The molecule has 1 atom stereocenters. The highest BCUT2D eigenvalue weighted by atomic mass is 32.2. The third-order valence-electron chi connectivity index (χ3n) is 1.89. The van der Waals surface area contributed by atoms with Gasteiger partial charge in [0, 0.05) is 24.6 Å². The van der Waals surface area contributed by atoms with Gasteiger partial charge in [0.05, 0.1) is 6.04 Å². The summed E-state index contributed by atoms with van der Waals surface area (Å²) in [6, 6.07) is -0.215. The zero-order valence-corrected chi connectivity index (χ0v) is 8.56. The van der Waals surface area contributed by atoms with E-state index < -0.39 is 0 Å². The van der Waals surface area contributed by atoms with Gasteiger partial charge < -0.3 is 10.2 Å². The van der Waals surface area contributed by atoms with Crippen molar-refractivity contribution >= 4 is 17.8 Å². The van der Waals surface area contributed by atoms with Crippen LogP contribution in [0.15, 0.2) is 0 Å². The Balaban J connectivity index is 2.34. The lowest BCUT2D eigenvalue weighted by Gasteiger charge is -2.27. The number of carbonyl (C=O) groups is 1. The van der Waals surface area contributed by atoms with Crippen LogP contribution in [-0.2, 0) is 0 Å². The molecule has 0 radical (unpaired) electrons. The second kappa shape index (κ2) is 5.03. The monoisotopic (exact) mass is 198 g/mol. The van der Waals surface area contributed by atoms with Gasteiger partial charge in [-0.25, -0.2) is 4.79 Å². The van der Waals surface area contributed by atoms with E-state index in [1.54, 1.807) is 6.92 Å². The van der Waals surface area contributed by atoms with Crippen LogP contribution >= 0.6 is 11.8 Å². The first-order chi connectivity index (χ1) is 6.24. The second-order valence-corrected chi connectivity index (χ2v) is 4.16. The first-order valence-electron chi connectivity index (χ1n) is 4.33. The molecule has 1 aliphatic heterocycles. The van der Waals surface area contributed by atoms with Crippen molar-refractivity contribution in [1.29, 1.82) is 0 Å². The van der Waals surface area contributed by atoms with Gasteiger partial charge >= 0.3 is 6.03 Å². The maximum Gasteiger partial charge on any atom is 0.318 e. The van der Waals surface area contributed by atoms with E-state index in [-0.39, 0.29) is 12.1 Å². The molecule has 1 rings (SSSR count). The predicted molar refractivity (Wildman–Crippen MR) is 55.7 cm³/mol. The second-order valence-electron chi connectivity index (χ2n) is 2.94. The molecule has 13 heavy (non-hydrogen) atoms. The van der Waals surface area contributed by atoms with E-state index in [4.69, 9.17) is 6.42 Å².